The fourth-order valence-corrected chi connectivity index (χ4v) is 1.96. The number of aromatic nitrogens is 1. The van der Waals surface area contributed by atoms with Crippen LogP contribution in [0, 0.1) is 0 Å². The number of rotatable bonds is 2. The van der Waals surface area contributed by atoms with Crippen LogP contribution < -0.4 is 0 Å². The van der Waals surface area contributed by atoms with Crippen molar-refractivity contribution in [3.8, 4) is 5.75 Å². The van der Waals surface area contributed by atoms with Gasteiger partial charge in [-0.3, -0.25) is 0 Å². The van der Waals surface area contributed by atoms with Crippen LogP contribution in [0.2, 0.25) is 0 Å². The molecule has 0 atom stereocenters. The predicted molar refractivity (Wildman–Crippen MR) is 63.1 cm³/mol. The molecule has 1 aromatic heterocycles. The second kappa shape index (κ2) is 3.86. The third kappa shape index (κ3) is 2.24. The molecule has 0 saturated carbocycles. The first-order chi connectivity index (χ1) is 7.15. The van der Waals surface area contributed by atoms with Crippen LogP contribution in [0.15, 0.2) is 23.2 Å². The molecule has 0 spiro atoms. The summed E-state index contributed by atoms with van der Waals surface area (Å²) in [5.74, 6) is 0.259. The van der Waals surface area contributed by atoms with E-state index in [1.54, 1.807) is 24.5 Å². The fraction of sp³-hybridized carbons (Fsp3) is 0.200. The van der Waals surface area contributed by atoms with Crippen molar-refractivity contribution in [1.29, 1.82) is 0 Å². The Kier molecular flexibility index (Phi) is 2.55. The van der Waals surface area contributed by atoms with Crippen molar-refractivity contribution in [3.05, 3.63) is 18.2 Å². The molecule has 0 unspecified atom stereocenters. The lowest BCUT2D eigenvalue weighted by atomic mass is 10.3. The standard InChI is InChI=1S/C10H11N3OS/c1-13(2)6-11-10-12-8-4-3-7(14)5-9(8)15-10/h3-6,14H,1-2H3/b11-6+. The Hall–Kier alpha value is -1.62. The van der Waals surface area contributed by atoms with Crippen LogP contribution in [0.25, 0.3) is 10.2 Å². The van der Waals surface area contributed by atoms with Gasteiger partial charge in [-0.05, 0) is 18.2 Å². The Morgan fingerprint density at radius 1 is 1.47 bits per heavy atom. The molecule has 5 heteroatoms. The van der Waals surface area contributed by atoms with E-state index >= 15 is 0 Å². The van der Waals surface area contributed by atoms with E-state index in [0.29, 0.717) is 5.13 Å². The molecule has 0 radical (unpaired) electrons. The van der Waals surface area contributed by atoms with Gasteiger partial charge in [-0.15, -0.1) is 0 Å². The van der Waals surface area contributed by atoms with Crippen molar-refractivity contribution < 1.29 is 5.11 Å². The lowest BCUT2D eigenvalue weighted by Crippen LogP contribution is -2.06. The van der Waals surface area contributed by atoms with E-state index in [4.69, 9.17) is 0 Å². The van der Waals surface area contributed by atoms with Crippen molar-refractivity contribution in [2.24, 2.45) is 4.99 Å². The molecule has 15 heavy (non-hydrogen) atoms. The Morgan fingerprint density at radius 2 is 2.27 bits per heavy atom. The van der Waals surface area contributed by atoms with E-state index in [0.717, 1.165) is 10.2 Å². The largest absolute Gasteiger partial charge is 0.508 e. The number of hydrogen-bond donors (Lipinski definition) is 1. The van der Waals surface area contributed by atoms with Gasteiger partial charge in [-0.1, -0.05) is 11.3 Å². The third-order valence-electron chi connectivity index (χ3n) is 1.76. The van der Waals surface area contributed by atoms with E-state index in [1.807, 2.05) is 19.0 Å². The van der Waals surface area contributed by atoms with Gasteiger partial charge in [0, 0.05) is 14.1 Å². The van der Waals surface area contributed by atoms with Gasteiger partial charge in [0.15, 0.2) is 0 Å². The summed E-state index contributed by atoms with van der Waals surface area (Å²) < 4.78 is 0.945. The molecule has 1 aromatic carbocycles. The number of nitrogens with zero attached hydrogens (tertiary/aromatic N) is 3. The lowest BCUT2D eigenvalue weighted by Gasteiger charge is -1.99. The van der Waals surface area contributed by atoms with Crippen LogP contribution in [0.1, 0.15) is 0 Å². The Labute approximate surface area is 91.5 Å². The van der Waals surface area contributed by atoms with Gasteiger partial charge in [0.05, 0.1) is 16.6 Å². The monoisotopic (exact) mass is 221 g/mol. The Morgan fingerprint density at radius 3 is 3.00 bits per heavy atom. The number of hydrogen-bond acceptors (Lipinski definition) is 4. The maximum Gasteiger partial charge on any atom is 0.211 e. The number of fused-ring (bicyclic) bond motifs is 1. The first-order valence-electron chi connectivity index (χ1n) is 4.45. The third-order valence-corrected chi connectivity index (χ3v) is 2.69. The number of phenolic OH excluding ortho intramolecular Hbond substituents is 1. The highest BCUT2D eigenvalue weighted by molar-refractivity contribution is 7.22. The normalized spacial score (nSPS) is 11.3. The van der Waals surface area contributed by atoms with Crippen LogP contribution in [-0.4, -0.2) is 35.4 Å². The first kappa shape index (κ1) is 9.92. The molecule has 0 aliphatic heterocycles. The van der Waals surface area contributed by atoms with Gasteiger partial charge in [0.25, 0.3) is 0 Å². The summed E-state index contributed by atoms with van der Waals surface area (Å²) in [6.07, 6.45) is 1.71. The van der Waals surface area contributed by atoms with Crippen molar-refractivity contribution in [1.82, 2.24) is 9.88 Å². The molecule has 1 N–H and O–H groups in total. The summed E-state index contributed by atoms with van der Waals surface area (Å²) in [5, 5.41) is 9.99. The van der Waals surface area contributed by atoms with E-state index in [1.165, 1.54) is 11.3 Å². The van der Waals surface area contributed by atoms with Crippen molar-refractivity contribution in [2.45, 2.75) is 0 Å². The molecule has 1 heterocycles. The van der Waals surface area contributed by atoms with E-state index in [2.05, 4.69) is 9.98 Å². The number of benzene rings is 1. The molecule has 2 rings (SSSR count). The van der Waals surface area contributed by atoms with Crippen molar-refractivity contribution in [2.75, 3.05) is 14.1 Å². The van der Waals surface area contributed by atoms with E-state index < -0.39 is 0 Å². The first-order valence-corrected chi connectivity index (χ1v) is 5.27. The zero-order valence-corrected chi connectivity index (χ0v) is 9.32. The fourth-order valence-electron chi connectivity index (χ4n) is 1.12. The zero-order chi connectivity index (χ0) is 10.8. The summed E-state index contributed by atoms with van der Waals surface area (Å²) in [5.41, 5.74) is 0.865. The quantitative estimate of drug-likeness (QED) is 0.625. The maximum atomic E-state index is 9.29. The Balaban J connectivity index is 2.39. The smallest absolute Gasteiger partial charge is 0.211 e. The summed E-state index contributed by atoms with van der Waals surface area (Å²) in [6, 6.07) is 5.11. The molecule has 0 saturated heterocycles. The highest BCUT2D eigenvalue weighted by Gasteiger charge is 2.02. The highest BCUT2D eigenvalue weighted by Crippen LogP contribution is 2.30. The van der Waals surface area contributed by atoms with Crippen molar-refractivity contribution >= 4 is 33.0 Å². The minimum absolute atomic E-state index is 0.259. The van der Waals surface area contributed by atoms with Gasteiger partial charge < -0.3 is 10.0 Å². The summed E-state index contributed by atoms with van der Waals surface area (Å²) in [7, 11) is 3.81. The molecule has 4 nitrogen and oxygen atoms in total. The molecule has 0 aliphatic carbocycles. The molecular weight excluding hydrogens is 210 g/mol. The van der Waals surface area contributed by atoms with E-state index in [9.17, 15) is 5.11 Å². The van der Waals surface area contributed by atoms with Crippen LogP contribution in [0.4, 0.5) is 5.13 Å². The van der Waals surface area contributed by atoms with Crippen molar-refractivity contribution in [3.63, 3.8) is 0 Å². The van der Waals surface area contributed by atoms with Crippen LogP contribution in [0.5, 0.6) is 5.75 Å². The number of phenols is 1. The Bertz CT molecular complexity index is 504. The minimum atomic E-state index is 0.259. The zero-order valence-electron chi connectivity index (χ0n) is 8.51. The van der Waals surface area contributed by atoms with Crippen LogP contribution in [0.3, 0.4) is 0 Å². The van der Waals surface area contributed by atoms with Gasteiger partial charge >= 0.3 is 0 Å². The molecule has 0 aliphatic rings. The van der Waals surface area contributed by atoms with Crippen LogP contribution >= 0.6 is 11.3 Å². The molecule has 0 bridgehead atoms. The topological polar surface area (TPSA) is 48.7 Å². The highest BCUT2D eigenvalue weighted by atomic mass is 32.1. The molecule has 2 aromatic rings. The van der Waals surface area contributed by atoms with Crippen LogP contribution in [-0.2, 0) is 0 Å². The maximum absolute atomic E-state index is 9.29. The summed E-state index contributed by atoms with van der Waals surface area (Å²) >= 11 is 1.46. The average Bonchev–Trinajstić information content (AvgIpc) is 2.56. The van der Waals surface area contributed by atoms with E-state index in [-0.39, 0.29) is 5.75 Å². The number of aliphatic imine (C=N–C) groups is 1. The predicted octanol–water partition coefficient (Wildman–Crippen LogP) is 2.22. The van der Waals surface area contributed by atoms with Gasteiger partial charge in [0.2, 0.25) is 5.13 Å². The summed E-state index contributed by atoms with van der Waals surface area (Å²) in [6.45, 7) is 0. The lowest BCUT2D eigenvalue weighted by molar-refractivity contribution is 0.476. The number of thiazole rings is 1. The minimum Gasteiger partial charge on any atom is -0.508 e. The second-order valence-electron chi connectivity index (χ2n) is 3.36. The molecule has 78 valence electrons. The molecule has 0 amide bonds. The van der Waals surface area contributed by atoms with Gasteiger partial charge in [-0.2, -0.15) is 0 Å². The molecule has 0 fully saturated rings. The van der Waals surface area contributed by atoms with Gasteiger partial charge in [-0.25, -0.2) is 9.98 Å². The molecular formula is C10H11N3OS. The number of aromatic hydroxyl groups is 1. The summed E-state index contributed by atoms with van der Waals surface area (Å²) in [4.78, 5) is 10.4. The average molecular weight is 221 g/mol. The SMILES string of the molecule is CN(C)/C=N/c1nc2ccc(O)cc2s1. The van der Waals surface area contributed by atoms with Gasteiger partial charge in [0.1, 0.15) is 5.75 Å². The second-order valence-corrected chi connectivity index (χ2v) is 4.37.